The Morgan fingerprint density at radius 1 is 1.14 bits per heavy atom. The zero-order valence-corrected chi connectivity index (χ0v) is 16.6. The molecule has 0 bridgehead atoms. The van der Waals surface area contributed by atoms with Gasteiger partial charge in [0.2, 0.25) is 0 Å². The number of nitrogens with one attached hydrogen (secondary N) is 1. The van der Waals surface area contributed by atoms with Crippen LogP contribution >= 0.6 is 11.3 Å². The van der Waals surface area contributed by atoms with Crippen LogP contribution in [0.1, 0.15) is 15.9 Å². The van der Waals surface area contributed by atoms with Crippen LogP contribution in [0.15, 0.2) is 71.1 Å². The van der Waals surface area contributed by atoms with Gasteiger partial charge in [0.1, 0.15) is 5.75 Å². The topological polar surface area (TPSA) is 73.2 Å². The first-order valence-corrected chi connectivity index (χ1v) is 9.99. The van der Waals surface area contributed by atoms with Gasteiger partial charge in [0.15, 0.2) is 5.13 Å². The number of anilines is 1. The van der Waals surface area contributed by atoms with Crippen LogP contribution in [0.4, 0.5) is 5.13 Å². The molecule has 0 saturated heterocycles. The van der Waals surface area contributed by atoms with Crippen molar-refractivity contribution in [2.24, 2.45) is 0 Å². The van der Waals surface area contributed by atoms with Crippen molar-refractivity contribution >= 4 is 33.1 Å². The molecule has 2 aromatic heterocycles. The quantitative estimate of drug-likeness (QED) is 0.527. The minimum Gasteiger partial charge on any atom is -0.497 e. The van der Waals surface area contributed by atoms with E-state index in [2.05, 4.69) is 10.3 Å². The van der Waals surface area contributed by atoms with Crippen LogP contribution in [0, 0.1) is 0 Å². The fraction of sp³-hybridized carbons (Fsp3) is 0.136. The number of rotatable bonds is 6. The minimum atomic E-state index is -0.283. The summed E-state index contributed by atoms with van der Waals surface area (Å²) in [7, 11) is 1.63. The molecule has 0 aliphatic heterocycles. The molecule has 1 N–H and O–H groups in total. The van der Waals surface area contributed by atoms with Crippen LogP contribution in [0.3, 0.4) is 0 Å². The second-order valence-corrected chi connectivity index (χ2v) is 7.37. The molecule has 6 nitrogen and oxygen atoms in total. The van der Waals surface area contributed by atoms with Crippen LogP contribution in [0.25, 0.3) is 10.8 Å². The van der Waals surface area contributed by atoms with Gasteiger partial charge in [-0.2, -0.15) is 0 Å². The van der Waals surface area contributed by atoms with Gasteiger partial charge in [-0.15, -0.1) is 11.3 Å². The lowest BCUT2D eigenvalue weighted by Crippen LogP contribution is -2.24. The van der Waals surface area contributed by atoms with E-state index in [4.69, 9.17) is 4.74 Å². The molecular formula is C22H19N3O3S. The van der Waals surface area contributed by atoms with Crippen LogP contribution in [-0.4, -0.2) is 22.6 Å². The van der Waals surface area contributed by atoms with Crippen LogP contribution in [-0.2, 0) is 13.0 Å². The Morgan fingerprint density at radius 2 is 1.90 bits per heavy atom. The molecule has 0 fully saturated rings. The van der Waals surface area contributed by atoms with E-state index in [0.29, 0.717) is 34.4 Å². The first-order valence-electron chi connectivity index (χ1n) is 9.11. The average Bonchev–Trinajstić information content (AvgIpc) is 3.26. The molecule has 0 aliphatic rings. The molecule has 2 aromatic carbocycles. The summed E-state index contributed by atoms with van der Waals surface area (Å²) in [6.45, 7) is 0.466. The standard InChI is InChI=1S/C22H19N3O3S/c1-28-16-8-6-15(7-9-16)10-12-25-14-19(20(26)24-22-23-11-13-29-22)17-4-2-3-5-18(17)21(25)27/h2-9,11,13-14H,10,12H2,1H3,(H,23,24,26). The van der Waals surface area contributed by atoms with E-state index in [1.54, 1.807) is 47.6 Å². The normalized spacial score (nSPS) is 10.8. The Hall–Kier alpha value is -3.45. The summed E-state index contributed by atoms with van der Waals surface area (Å²) >= 11 is 1.35. The Labute approximate surface area is 171 Å². The summed E-state index contributed by atoms with van der Waals surface area (Å²) in [4.78, 5) is 29.9. The molecule has 4 aromatic rings. The van der Waals surface area contributed by atoms with Crippen molar-refractivity contribution in [2.75, 3.05) is 12.4 Å². The van der Waals surface area contributed by atoms with E-state index in [1.165, 1.54) is 11.3 Å². The molecular weight excluding hydrogens is 386 g/mol. The smallest absolute Gasteiger partial charge is 0.259 e. The number of thiazole rings is 1. The number of hydrogen-bond donors (Lipinski definition) is 1. The second kappa shape index (κ2) is 8.28. The number of carbonyl (C=O) groups excluding carboxylic acids is 1. The van der Waals surface area contributed by atoms with Gasteiger partial charge >= 0.3 is 0 Å². The van der Waals surface area contributed by atoms with Crippen molar-refractivity contribution in [3.8, 4) is 5.75 Å². The predicted molar refractivity (Wildman–Crippen MR) is 115 cm³/mol. The lowest BCUT2D eigenvalue weighted by molar-refractivity contribution is 0.102. The first kappa shape index (κ1) is 18.9. The molecule has 146 valence electrons. The summed E-state index contributed by atoms with van der Waals surface area (Å²) in [6.07, 6.45) is 3.93. The fourth-order valence-corrected chi connectivity index (χ4v) is 3.71. The third kappa shape index (κ3) is 4.05. The fourth-order valence-electron chi connectivity index (χ4n) is 3.18. The summed E-state index contributed by atoms with van der Waals surface area (Å²) in [5.41, 5.74) is 1.42. The monoisotopic (exact) mass is 405 g/mol. The highest BCUT2D eigenvalue weighted by atomic mass is 32.1. The van der Waals surface area contributed by atoms with E-state index in [-0.39, 0.29) is 11.5 Å². The van der Waals surface area contributed by atoms with Crippen molar-refractivity contribution in [1.29, 1.82) is 0 Å². The number of methoxy groups -OCH3 is 1. The van der Waals surface area contributed by atoms with E-state index in [9.17, 15) is 9.59 Å². The predicted octanol–water partition coefficient (Wildman–Crippen LogP) is 3.96. The molecule has 0 atom stereocenters. The van der Waals surface area contributed by atoms with Crippen LogP contribution in [0.2, 0.25) is 0 Å². The van der Waals surface area contributed by atoms with Crippen LogP contribution in [0.5, 0.6) is 5.75 Å². The van der Waals surface area contributed by atoms with Gasteiger partial charge in [-0.3, -0.25) is 14.9 Å². The highest BCUT2D eigenvalue weighted by Crippen LogP contribution is 2.19. The Morgan fingerprint density at radius 3 is 2.59 bits per heavy atom. The number of carbonyl (C=O) groups is 1. The Bertz CT molecular complexity index is 1200. The number of amides is 1. The molecule has 1 amide bonds. The summed E-state index contributed by atoms with van der Waals surface area (Å²) in [6, 6.07) is 14.9. The molecule has 29 heavy (non-hydrogen) atoms. The summed E-state index contributed by atoms with van der Waals surface area (Å²) in [5.74, 6) is 0.507. The van der Waals surface area contributed by atoms with E-state index in [1.807, 2.05) is 30.3 Å². The summed E-state index contributed by atoms with van der Waals surface area (Å²) in [5, 5.41) is 6.27. The van der Waals surface area contributed by atoms with Crippen molar-refractivity contribution < 1.29 is 9.53 Å². The molecule has 7 heteroatoms. The van der Waals surface area contributed by atoms with Crippen molar-refractivity contribution in [3.05, 3.63) is 87.8 Å². The highest BCUT2D eigenvalue weighted by Gasteiger charge is 2.15. The van der Waals surface area contributed by atoms with Crippen molar-refractivity contribution in [2.45, 2.75) is 13.0 Å². The zero-order chi connectivity index (χ0) is 20.2. The first-order chi connectivity index (χ1) is 14.2. The summed E-state index contributed by atoms with van der Waals surface area (Å²) < 4.78 is 6.78. The van der Waals surface area contributed by atoms with Gasteiger partial charge in [0.05, 0.1) is 12.7 Å². The van der Waals surface area contributed by atoms with Crippen molar-refractivity contribution in [3.63, 3.8) is 0 Å². The second-order valence-electron chi connectivity index (χ2n) is 6.48. The average molecular weight is 405 g/mol. The lowest BCUT2D eigenvalue weighted by Gasteiger charge is -2.12. The number of hydrogen-bond acceptors (Lipinski definition) is 5. The zero-order valence-electron chi connectivity index (χ0n) is 15.8. The third-order valence-corrected chi connectivity index (χ3v) is 5.38. The lowest BCUT2D eigenvalue weighted by atomic mass is 10.1. The van der Waals surface area contributed by atoms with E-state index < -0.39 is 0 Å². The molecule has 0 saturated carbocycles. The number of pyridine rings is 1. The molecule has 2 heterocycles. The number of aromatic nitrogens is 2. The maximum absolute atomic E-state index is 12.9. The SMILES string of the molecule is COc1ccc(CCn2cc(C(=O)Nc3nccs3)c3ccccc3c2=O)cc1. The maximum atomic E-state index is 12.9. The Balaban J connectivity index is 1.67. The number of nitrogens with zero attached hydrogens (tertiary/aromatic N) is 2. The molecule has 0 radical (unpaired) electrons. The number of aryl methyl sites for hydroxylation is 2. The number of ether oxygens (including phenoxy) is 1. The van der Waals surface area contributed by atoms with Gasteiger partial charge in [-0.25, -0.2) is 4.98 Å². The van der Waals surface area contributed by atoms with Gasteiger partial charge in [-0.05, 0) is 30.2 Å². The highest BCUT2D eigenvalue weighted by molar-refractivity contribution is 7.13. The Kier molecular flexibility index (Phi) is 5.39. The molecule has 0 aliphatic carbocycles. The van der Waals surface area contributed by atoms with Crippen molar-refractivity contribution in [1.82, 2.24) is 9.55 Å². The van der Waals surface area contributed by atoms with E-state index in [0.717, 1.165) is 11.3 Å². The minimum absolute atomic E-state index is 0.111. The molecule has 4 rings (SSSR count). The number of benzene rings is 2. The molecule has 0 spiro atoms. The van der Waals surface area contributed by atoms with Gasteiger partial charge in [0.25, 0.3) is 11.5 Å². The van der Waals surface area contributed by atoms with Gasteiger partial charge < -0.3 is 9.30 Å². The maximum Gasteiger partial charge on any atom is 0.259 e. The number of fused-ring (bicyclic) bond motifs is 1. The molecule has 0 unspecified atom stereocenters. The van der Waals surface area contributed by atoms with Crippen LogP contribution < -0.4 is 15.6 Å². The third-order valence-electron chi connectivity index (χ3n) is 4.69. The van der Waals surface area contributed by atoms with Gasteiger partial charge in [-0.1, -0.05) is 30.3 Å². The van der Waals surface area contributed by atoms with E-state index >= 15 is 0 Å². The largest absolute Gasteiger partial charge is 0.497 e. The van der Waals surface area contributed by atoms with Gasteiger partial charge in [0, 0.05) is 35.1 Å².